The van der Waals surface area contributed by atoms with Crippen molar-refractivity contribution in [1.82, 2.24) is 19.9 Å². The number of halogens is 1. The Hall–Kier alpha value is -2.60. The molecule has 0 spiro atoms. The summed E-state index contributed by atoms with van der Waals surface area (Å²) in [6.07, 6.45) is 5.03. The Bertz CT molecular complexity index is 876. The summed E-state index contributed by atoms with van der Waals surface area (Å²) in [5, 5.41) is 3.17. The van der Waals surface area contributed by atoms with Gasteiger partial charge in [-0.2, -0.15) is 0 Å². The van der Waals surface area contributed by atoms with E-state index in [1.165, 1.54) is 0 Å². The average Bonchev–Trinajstić information content (AvgIpc) is 2.94. The maximum absolute atomic E-state index is 12.1. The molecule has 0 saturated heterocycles. The largest absolute Gasteiger partial charge is 0.481 e. The third-order valence-corrected chi connectivity index (χ3v) is 3.84. The third-order valence-electron chi connectivity index (χ3n) is 3.54. The Morgan fingerprint density at radius 2 is 2.13 bits per heavy atom. The van der Waals surface area contributed by atoms with E-state index in [9.17, 15) is 4.79 Å². The van der Waals surface area contributed by atoms with Crippen molar-refractivity contribution in [3.8, 4) is 5.88 Å². The first kappa shape index (κ1) is 15.3. The molecule has 0 aliphatic heterocycles. The highest BCUT2D eigenvalue weighted by molar-refractivity contribution is 6.35. The Kier molecular flexibility index (Phi) is 4.16. The number of nitrogens with zero attached hydrogens (tertiary/aromatic N) is 3. The van der Waals surface area contributed by atoms with Crippen molar-refractivity contribution >= 4 is 28.5 Å². The number of fused-ring (bicyclic) bond motifs is 1. The number of aromatic nitrogens is 3. The molecule has 0 unspecified atom stereocenters. The molecule has 0 saturated carbocycles. The predicted octanol–water partition coefficient (Wildman–Crippen LogP) is 2.50. The SMILES string of the molecule is CNC(=O)c1cn(Cc2ccnc(OC)c2)c2c(Cl)ccnc12. The van der Waals surface area contributed by atoms with Crippen LogP contribution in [0, 0.1) is 0 Å². The predicted molar refractivity (Wildman–Crippen MR) is 88.0 cm³/mol. The van der Waals surface area contributed by atoms with Crippen molar-refractivity contribution in [3.05, 3.63) is 52.9 Å². The lowest BCUT2D eigenvalue weighted by Crippen LogP contribution is -2.17. The highest BCUT2D eigenvalue weighted by Crippen LogP contribution is 2.27. The molecule has 3 aromatic heterocycles. The number of carbonyl (C=O) groups excluding carboxylic acids is 1. The number of carbonyl (C=O) groups is 1. The van der Waals surface area contributed by atoms with Gasteiger partial charge in [0.15, 0.2) is 0 Å². The van der Waals surface area contributed by atoms with Gasteiger partial charge in [-0.15, -0.1) is 0 Å². The van der Waals surface area contributed by atoms with Crippen LogP contribution < -0.4 is 10.1 Å². The van der Waals surface area contributed by atoms with Gasteiger partial charge in [0, 0.05) is 38.2 Å². The quantitative estimate of drug-likeness (QED) is 0.798. The van der Waals surface area contributed by atoms with Crippen molar-refractivity contribution in [2.75, 3.05) is 14.2 Å². The molecule has 0 aliphatic carbocycles. The summed E-state index contributed by atoms with van der Waals surface area (Å²) in [7, 11) is 3.16. The smallest absolute Gasteiger partial charge is 0.254 e. The van der Waals surface area contributed by atoms with Gasteiger partial charge in [-0.25, -0.2) is 4.98 Å². The van der Waals surface area contributed by atoms with Gasteiger partial charge in [-0.1, -0.05) is 11.6 Å². The zero-order chi connectivity index (χ0) is 16.4. The maximum Gasteiger partial charge on any atom is 0.254 e. The van der Waals surface area contributed by atoms with E-state index in [0.29, 0.717) is 28.5 Å². The zero-order valence-electron chi connectivity index (χ0n) is 12.7. The van der Waals surface area contributed by atoms with Gasteiger partial charge in [0.25, 0.3) is 5.91 Å². The molecule has 3 heterocycles. The van der Waals surface area contributed by atoms with Crippen molar-refractivity contribution in [2.24, 2.45) is 0 Å². The molecular formula is C16H15ClN4O2. The van der Waals surface area contributed by atoms with Crippen LogP contribution in [0.3, 0.4) is 0 Å². The fraction of sp³-hybridized carbons (Fsp3) is 0.188. The molecular weight excluding hydrogens is 316 g/mol. The first-order chi connectivity index (χ1) is 11.1. The molecule has 0 aliphatic rings. The van der Waals surface area contributed by atoms with E-state index in [1.54, 1.807) is 38.8 Å². The molecule has 0 atom stereocenters. The number of amides is 1. The normalized spacial score (nSPS) is 10.7. The van der Waals surface area contributed by atoms with Crippen LogP contribution in [-0.2, 0) is 6.54 Å². The molecule has 118 valence electrons. The second kappa shape index (κ2) is 6.26. The van der Waals surface area contributed by atoms with E-state index < -0.39 is 0 Å². The zero-order valence-corrected chi connectivity index (χ0v) is 13.5. The number of methoxy groups -OCH3 is 1. The standard InChI is InChI=1S/C16H15ClN4O2/c1-18-16(22)11-9-21(15-12(17)4-6-20-14(11)15)8-10-3-5-19-13(7-10)23-2/h3-7,9H,8H2,1-2H3,(H,18,22). The van der Waals surface area contributed by atoms with Gasteiger partial charge < -0.3 is 14.6 Å². The minimum Gasteiger partial charge on any atom is -0.481 e. The van der Waals surface area contributed by atoms with Gasteiger partial charge >= 0.3 is 0 Å². The molecule has 23 heavy (non-hydrogen) atoms. The molecule has 3 rings (SSSR count). The van der Waals surface area contributed by atoms with Gasteiger partial charge in [0.05, 0.1) is 23.2 Å². The summed E-state index contributed by atoms with van der Waals surface area (Å²) >= 11 is 6.32. The van der Waals surface area contributed by atoms with E-state index in [2.05, 4.69) is 15.3 Å². The van der Waals surface area contributed by atoms with E-state index in [4.69, 9.17) is 16.3 Å². The van der Waals surface area contributed by atoms with Crippen LogP contribution in [0.25, 0.3) is 11.0 Å². The molecule has 0 bridgehead atoms. The fourth-order valence-corrected chi connectivity index (χ4v) is 2.72. The summed E-state index contributed by atoms with van der Waals surface area (Å²) in [6.45, 7) is 0.526. The highest BCUT2D eigenvalue weighted by Gasteiger charge is 2.17. The number of rotatable bonds is 4. The van der Waals surface area contributed by atoms with Gasteiger partial charge in [-0.3, -0.25) is 9.78 Å². The Labute approximate surface area is 138 Å². The highest BCUT2D eigenvalue weighted by atomic mass is 35.5. The topological polar surface area (TPSA) is 69.0 Å². The third kappa shape index (κ3) is 2.85. The first-order valence-corrected chi connectivity index (χ1v) is 7.36. The second-order valence-electron chi connectivity index (χ2n) is 4.95. The van der Waals surface area contributed by atoms with Crippen molar-refractivity contribution in [3.63, 3.8) is 0 Å². The number of hydrogen-bond acceptors (Lipinski definition) is 4. The van der Waals surface area contributed by atoms with Gasteiger partial charge in [-0.05, 0) is 17.7 Å². The molecule has 0 radical (unpaired) electrons. The van der Waals surface area contributed by atoms with Crippen LogP contribution in [-0.4, -0.2) is 34.6 Å². The molecule has 0 fully saturated rings. The Balaban J connectivity index is 2.11. The molecule has 6 nitrogen and oxygen atoms in total. The van der Waals surface area contributed by atoms with Crippen LogP contribution >= 0.6 is 11.6 Å². The van der Waals surface area contributed by atoms with Crippen LogP contribution in [0.4, 0.5) is 0 Å². The van der Waals surface area contributed by atoms with Crippen molar-refractivity contribution in [1.29, 1.82) is 0 Å². The maximum atomic E-state index is 12.1. The summed E-state index contributed by atoms with van der Waals surface area (Å²) < 4.78 is 7.05. The van der Waals surface area contributed by atoms with E-state index in [1.807, 2.05) is 16.7 Å². The minimum absolute atomic E-state index is 0.198. The van der Waals surface area contributed by atoms with Gasteiger partial charge in [0.2, 0.25) is 5.88 Å². The summed E-state index contributed by atoms with van der Waals surface area (Å²) in [5.74, 6) is 0.338. The number of hydrogen-bond donors (Lipinski definition) is 1. The van der Waals surface area contributed by atoms with Crippen LogP contribution in [0.1, 0.15) is 15.9 Å². The molecule has 1 amide bonds. The summed E-state index contributed by atoms with van der Waals surface area (Å²) in [4.78, 5) is 20.5. The number of nitrogens with one attached hydrogen (secondary N) is 1. The second-order valence-corrected chi connectivity index (χ2v) is 5.35. The Morgan fingerprint density at radius 1 is 1.35 bits per heavy atom. The summed E-state index contributed by atoms with van der Waals surface area (Å²) in [6, 6.07) is 5.44. The molecule has 0 aromatic carbocycles. The molecule has 7 heteroatoms. The average molecular weight is 331 g/mol. The van der Waals surface area contributed by atoms with Crippen molar-refractivity contribution in [2.45, 2.75) is 6.54 Å². The van der Waals surface area contributed by atoms with Crippen LogP contribution in [0.5, 0.6) is 5.88 Å². The van der Waals surface area contributed by atoms with E-state index in [-0.39, 0.29) is 5.91 Å². The molecule has 3 aromatic rings. The fourth-order valence-electron chi connectivity index (χ4n) is 2.46. The van der Waals surface area contributed by atoms with Gasteiger partial charge in [0.1, 0.15) is 5.52 Å². The lowest BCUT2D eigenvalue weighted by molar-refractivity contribution is 0.0964. The lowest BCUT2D eigenvalue weighted by Gasteiger charge is -2.07. The molecule has 1 N–H and O–H groups in total. The monoisotopic (exact) mass is 330 g/mol. The van der Waals surface area contributed by atoms with E-state index in [0.717, 1.165) is 11.1 Å². The number of ether oxygens (including phenoxy) is 1. The first-order valence-electron chi connectivity index (χ1n) is 6.98. The van der Waals surface area contributed by atoms with Crippen molar-refractivity contribution < 1.29 is 9.53 Å². The summed E-state index contributed by atoms with van der Waals surface area (Å²) in [5.41, 5.74) is 2.78. The van der Waals surface area contributed by atoms with Crippen LogP contribution in [0.15, 0.2) is 36.8 Å². The Morgan fingerprint density at radius 3 is 2.87 bits per heavy atom. The van der Waals surface area contributed by atoms with E-state index >= 15 is 0 Å². The minimum atomic E-state index is -0.198. The lowest BCUT2D eigenvalue weighted by atomic mass is 10.2. The van der Waals surface area contributed by atoms with Crippen LogP contribution in [0.2, 0.25) is 5.02 Å². The number of pyridine rings is 2.